The number of nitrogens with zero attached hydrogens (tertiary/aromatic N) is 1. The second kappa shape index (κ2) is 2.88. The third kappa shape index (κ3) is 1.39. The number of ketones is 1. The molecule has 0 spiro atoms. The predicted molar refractivity (Wildman–Crippen MR) is 36.9 cm³/mol. The topological polar surface area (TPSA) is 30.0 Å². The fourth-order valence-corrected chi connectivity index (χ4v) is 1.23. The number of hydrogen-bond acceptors (Lipinski definition) is 3. The largest absolute Gasteiger partial charge is 0.292 e. The van der Waals surface area contributed by atoms with Gasteiger partial charge in [0.25, 0.3) is 0 Å². The van der Waals surface area contributed by atoms with Crippen molar-refractivity contribution in [2.75, 3.05) is 0 Å². The molecule has 0 aliphatic rings. The number of carbonyl (C=O) groups is 1. The van der Waals surface area contributed by atoms with Gasteiger partial charge in [0.1, 0.15) is 6.67 Å². The van der Waals surface area contributed by atoms with E-state index in [1.807, 2.05) is 0 Å². The fraction of sp³-hybridized carbons (Fsp3) is 0.333. The van der Waals surface area contributed by atoms with E-state index in [0.29, 0.717) is 10.7 Å². The molecule has 0 radical (unpaired) electrons. The summed E-state index contributed by atoms with van der Waals surface area (Å²) in [4.78, 5) is 14.3. The quantitative estimate of drug-likeness (QED) is 0.616. The van der Waals surface area contributed by atoms with E-state index in [2.05, 4.69) is 4.98 Å². The summed E-state index contributed by atoms with van der Waals surface area (Å²) < 4.78 is 11.8. The van der Waals surface area contributed by atoms with Crippen LogP contribution in [0.5, 0.6) is 0 Å². The molecule has 0 aliphatic heterocycles. The van der Waals surface area contributed by atoms with Gasteiger partial charge in [-0.1, -0.05) is 0 Å². The van der Waals surface area contributed by atoms with E-state index in [4.69, 9.17) is 0 Å². The van der Waals surface area contributed by atoms with Crippen LogP contribution in [-0.4, -0.2) is 10.8 Å². The first-order valence-corrected chi connectivity index (χ1v) is 3.63. The Labute approximate surface area is 61.7 Å². The number of alkyl halides is 1. The van der Waals surface area contributed by atoms with Crippen molar-refractivity contribution in [1.29, 1.82) is 0 Å². The highest BCUT2D eigenvalue weighted by molar-refractivity contribution is 7.11. The Kier molecular flexibility index (Phi) is 2.11. The number of thiazole rings is 1. The zero-order chi connectivity index (χ0) is 7.56. The lowest BCUT2D eigenvalue weighted by Crippen LogP contribution is -1.90. The van der Waals surface area contributed by atoms with Gasteiger partial charge in [-0.2, -0.15) is 0 Å². The minimum Gasteiger partial charge on any atom is -0.292 e. The van der Waals surface area contributed by atoms with Gasteiger partial charge < -0.3 is 0 Å². The second-order valence-corrected chi connectivity index (χ2v) is 2.69. The molecule has 0 bridgehead atoms. The van der Waals surface area contributed by atoms with Crippen molar-refractivity contribution in [2.45, 2.75) is 13.6 Å². The molecular weight excluding hydrogens is 153 g/mol. The van der Waals surface area contributed by atoms with Crippen LogP contribution in [0.4, 0.5) is 4.39 Å². The van der Waals surface area contributed by atoms with Crippen LogP contribution in [-0.2, 0) is 6.67 Å². The van der Waals surface area contributed by atoms with Crippen LogP contribution in [0.25, 0.3) is 0 Å². The van der Waals surface area contributed by atoms with Crippen molar-refractivity contribution < 1.29 is 9.18 Å². The molecule has 0 amide bonds. The van der Waals surface area contributed by atoms with Crippen LogP contribution in [0, 0.1) is 0 Å². The van der Waals surface area contributed by atoms with Gasteiger partial charge in [-0.15, -0.1) is 11.3 Å². The molecule has 1 aromatic rings. The highest BCUT2D eigenvalue weighted by Crippen LogP contribution is 2.10. The van der Waals surface area contributed by atoms with Gasteiger partial charge in [0.15, 0.2) is 10.8 Å². The summed E-state index contributed by atoms with van der Waals surface area (Å²) >= 11 is 1.18. The van der Waals surface area contributed by atoms with E-state index in [-0.39, 0.29) is 5.78 Å². The maximum atomic E-state index is 11.8. The van der Waals surface area contributed by atoms with Crippen LogP contribution in [0.2, 0.25) is 0 Å². The molecule has 10 heavy (non-hydrogen) atoms. The molecule has 0 unspecified atom stereocenters. The van der Waals surface area contributed by atoms with Gasteiger partial charge >= 0.3 is 0 Å². The van der Waals surface area contributed by atoms with Crippen molar-refractivity contribution in [1.82, 2.24) is 4.98 Å². The van der Waals surface area contributed by atoms with Gasteiger partial charge in [-0.3, -0.25) is 4.79 Å². The molecule has 4 heteroatoms. The maximum Gasteiger partial charge on any atom is 0.188 e. The molecule has 54 valence electrons. The summed E-state index contributed by atoms with van der Waals surface area (Å²) in [6.07, 6.45) is 0. The number of halogens is 1. The normalized spacial score (nSPS) is 9.80. The summed E-state index contributed by atoms with van der Waals surface area (Å²) in [5.41, 5.74) is 0.343. The van der Waals surface area contributed by atoms with E-state index < -0.39 is 6.67 Å². The molecule has 0 aliphatic carbocycles. The lowest BCUT2D eigenvalue weighted by atomic mass is 10.5. The fourth-order valence-electron chi connectivity index (χ4n) is 0.530. The van der Waals surface area contributed by atoms with E-state index >= 15 is 0 Å². The zero-order valence-electron chi connectivity index (χ0n) is 5.43. The number of Topliss-reactive ketones (excluding diaryl/α,β-unsaturated/α-hetero) is 1. The molecule has 0 fully saturated rings. The van der Waals surface area contributed by atoms with Crippen molar-refractivity contribution in [2.24, 2.45) is 0 Å². The summed E-state index contributed by atoms with van der Waals surface area (Å²) in [5, 5.41) is 1.93. The van der Waals surface area contributed by atoms with E-state index in [1.165, 1.54) is 18.3 Å². The molecule has 2 nitrogen and oxygen atoms in total. The third-order valence-electron chi connectivity index (χ3n) is 0.990. The second-order valence-electron chi connectivity index (χ2n) is 1.83. The SMILES string of the molecule is CC(=O)c1nc(CF)cs1. The van der Waals surface area contributed by atoms with Gasteiger partial charge in [0.05, 0.1) is 5.69 Å². The molecule has 0 saturated heterocycles. The lowest BCUT2D eigenvalue weighted by molar-refractivity contribution is 0.101. The Morgan fingerprint density at radius 2 is 2.60 bits per heavy atom. The molecule has 0 saturated carbocycles. The average molecular weight is 159 g/mol. The van der Waals surface area contributed by atoms with Crippen LogP contribution < -0.4 is 0 Å². The molecule has 1 rings (SSSR count). The first-order chi connectivity index (χ1) is 4.74. The number of aromatic nitrogens is 1. The third-order valence-corrected chi connectivity index (χ3v) is 1.98. The summed E-state index contributed by atoms with van der Waals surface area (Å²) in [6, 6.07) is 0. The smallest absolute Gasteiger partial charge is 0.188 e. The standard InChI is InChI=1S/C6H6FNOS/c1-4(9)6-8-5(2-7)3-10-6/h3H,2H2,1H3. The van der Waals surface area contributed by atoms with Gasteiger partial charge in [0, 0.05) is 12.3 Å². The van der Waals surface area contributed by atoms with E-state index in [1.54, 1.807) is 5.38 Å². The van der Waals surface area contributed by atoms with Crippen molar-refractivity contribution in [3.05, 3.63) is 16.1 Å². The highest BCUT2D eigenvalue weighted by Gasteiger charge is 2.04. The van der Waals surface area contributed by atoms with Crippen molar-refractivity contribution in [3.8, 4) is 0 Å². The highest BCUT2D eigenvalue weighted by atomic mass is 32.1. The van der Waals surface area contributed by atoms with Gasteiger partial charge in [-0.25, -0.2) is 9.37 Å². The number of carbonyl (C=O) groups excluding carboxylic acids is 1. The Hall–Kier alpha value is -0.770. The lowest BCUT2D eigenvalue weighted by Gasteiger charge is -1.81. The molecule has 0 atom stereocenters. The summed E-state index contributed by atoms with van der Waals surface area (Å²) in [7, 11) is 0. The Morgan fingerprint density at radius 3 is 2.90 bits per heavy atom. The Morgan fingerprint density at radius 1 is 1.90 bits per heavy atom. The molecular formula is C6H6FNOS. The zero-order valence-corrected chi connectivity index (χ0v) is 6.24. The van der Waals surface area contributed by atoms with Gasteiger partial charge in [-0.05, 0) is 0 Å². The monoisotopic (exact) mass is 159 g/mol. The van der Waals surface area contributed by atoms with Crippen molar-refractivity contribution >= 4 is 17.1 Å². The van der Waals surface area contributed by atoms with E-state index in [9.17, 15) is 9.18 Å². The van der Waals surface area contributed by atoms with Crippen LogP contribution >= 0.6 is 11.3 Å². The number of rotatable bonds is 2. The summed E-state index contributed by atoms with van der Waals surface area (Å²) in [6.45, 7) is 0.824. The molecule has 1 heterocycles. The van der Waals surface area contributed by atoms with Crippen LogP contribution in [0.1, 0.15) is 22.4 Å². The van der Waals surface area contributed by atoms with Crippen LogP contribution in [0.3, 0.4) is 0 Å². The van der Waals surface area contributed by atoms with Crippen molar-refractivity contribution in [3.63, 3.8) is 0 Å². The summed E-state index contributed by atoms with van der Waals surface area (Å²) in [5.74, 6) is -0.107. The molecule has 0 aromatic carbocycles. The average Bonchev–Trinajstić information content (AvgIpc) is 2.34. The van der Waals surface area contributed by atoms with E-state index in [0.717, 1.165) is 0 Å². The van der Waals surface area contributed by atoms with Crippen LogP contribution in [0.15, 0.2) is 5.38 Å². The Balaban J connectivity index is 2.88. The number of hydrogen-bond donors (Lipinski definition) is 0. The minimum atomic E-state index is -0.593. The van der Waals surface area contributed by atoms with Gasteiger partial charge in [0.2, 0.25) is 0 Å². The maximum absolute atomic E-state index is 11.8. The first-order valence-electron chi connectivity index (χ1n) is 2.75. The molecule has 1 aromatic heterocycles. The predicted octanol–water partition coefficient (Wildman–Crippen LogP) is 1.82. The minimum absolute atomic E-state index is 0.107. The first kappa shape index (κ1) is 7.34. The molecule has 0 N–H and O–H groups in total. The Bertz CT molecular complexity index is 246.